The number of nitrogens with two attached hydrogens (primary N) is 1. The fourth-order valence-electron chi connectivity index (χ4n) is 2.30. The highest BCUT2D eigenvalue weighted by Gasteiger charge is 2.36. The zero-order valence-electron chi connectivity index (χ0n) is 12.2. The summed E-state index contributed by atoms with van der Waals surface area (Å²) in [5.41, 5.74) is 6.04. The summed E-state index contributed by atoms with van der Waals surface area (Å²) in [4.78, 5) is 36.5. The first kappa shape index (κ1) is 16.1. The van der Waals surface area contributed by atoms with Crippen LogP contribution in [0.3, 0.4) is 0 Å². The number of ketones is 2. The van der Waals surface area contributed by atoms with E-state index in [1.807, 2.05) is 6.07 Å². The van der Waals surface area contributed by atoms with Crippen LogP contribution in [0.25, 0.3) is 0 Å². The molecule has 0 aromatic heterocycles. The Labute approximate surface area is 133 Å². The molecule has 0 saturated carbocycles. The number of primary amides is 1. The van der Waals surface area contributed by atoms with Crippen molar-refractivity contribution in [1.29, 1.82) is 5.26 Å². The minimum Gasteiger partial charge on any atom is -0.369 e. The predicted molar refractivity (Wildman–Crippen MR) is 83.2 cm³/mol. The van der Waals surface area contributed by atoms with Crippen molar-refractivity contribution in [2.45, 2.75) is 11.8 Å². The topological polar surface area (TPSA) is 101 Å². The van der Waals surface area contributed by atoms with E-state index in [2.05, 4.69) is 0 Å². The van der Waals surface area contributed by atoms with Crippen molar-refractivity contribution in [1.82, 2.24) is 0 Å². The van der Waals surface area contributed by atoms with E-state index >= 15 is 0 Å². The van der Waals surface area contributed by atoms with E-state index < -0.39 is 29.3 Å². The molecule has 2 rings (SSSR count). The standard InChI is InChI=1S/C18H14N2O3/c19-11-14(12-7-3-1-4-8-12)16(21)17(22)15(18(20)23)13-9-5-2-6-10-13/h1-10,14-15H,(H2,20,23). The van der Waals surface area contributed by atoms with Gasteiger partial charge in [0.1, 0.15) is 11.8 Å². The van der Waals surface area contributed by atoms with Gasteiger partial charge in [-0.15, -0.1) is 0 Å². The lowest BCUT2D eigenvalue weighted by molar-refractivity contribution is -0.140. The molecular formula is C18H14N2O3. The Bertz CT molecular complexity index is 764. The maximum Gasteiger partial charge on any atom is 0.233 e. The number of carbonyl (C=O) groups excluding carboxylic acids is 3. The second-order valence-electron chi connectivity index (χ2n) is 4.95. The van der Waals surface area contributed by atoms with Gasteiger partial charge in [-0.05, 0) is 11.1 Å². The number of rotatable bonds is 6. The predicted octanol–water partition coefficient (Wildman–Crippen LogP) is 1.70. The Hall–Kier alpha value is -3.26. The molecule has 0 saturated heterocycles. The average Bonchev–Trinajstić information content (AvgIpc) is 2.57. The lowest BCUT2D eigenvalue weighted by Gasteiger charge is -2.14. The van der Waals surface area contributed by atoms with Crippen LogP contribution in [0.4, 0.5) is 0 Å². The summed E-state index contributed by atoms with van der Waals surface area (Å²) in [6.07, 6.45) is 0. The summed E-state index contributed by atoms with van der Waals surface area (Å²) in [5, 5.41) is 9.25. The molecule has 2 aromatic rings. The zero-order chi connectivity index (χ0) is 16.8. The minimum atomic E-state index is -1.39. The molecule has 0 heterocycles. The van der Waals surface area contributed by atoms with Crippen molar-refractivity contribution in [3.63, 3.8) is 0 Å². The first-order valence-corrected chi connectivity index (χ1v) is 6.93. The first-order valence-electron chi connectivity index (χ1n) is 6.93. The quantitative estimate of drug-likeness (QED) is 0.648. The molecule has 0 radical (unpaired) electrons. The van der Waals surface area contributed by atoms with E-state index in [0.29, 0.717) is 11.1 Å². The normalized spacial score (nSPS) is 12.7. The molecule has 2 unspecified atom stereocenters. The van der Waals surface area contributed by atoms with Gasteiger partial charge < -0.3 is 5.73 Å². The van der Waals surface area contributed by atoms with E-state index in [0.717, 1.165) is 0 Å². The van der Waals surface area contributed by atoms with Gasteiger partial charge in [0.05, 0.1) is 6.07 Å². The molecule has 0 bridgehead atoms. The van der Waals surface area contributed by atoms with Crippen LogP contribution in [0.5, 0.6) is 0 Å². The molecule has 0 spiro atoms. The van der Waals surface area contributed by atoms with E-state index in [1.165, 1.54) is 0 Å². The summed E-state index contributed by atoms with van der Waals surface area (Å²) in [6.45, 7) is 0. The monoisotopic (exact) mass is 306 g/mol. The van der Waals surface area contributed by atoms with Crippen LogP contribution < -0.4 is 5.73 Å². The Morgan fingerprint density at radius 3 is 1.74 bits per heavy atom. The Morgan fingerprint density at radius 2 is 1.30 bits per heavy atom. The van der Waals surface area contributed by atoms with Gasteiger partial charge in [0, 0.05) is 0 Å². The molecule has 114 valence electrons. The molecule has 0 aliphatic rings. The molecule has 5 heteroatoms. The number of benzene rings is 2. The van der Waals surface area contributed by atoms with Crippen LogP contribution in [0, 0.1) is 11.3 Å². The van der Waals surface area contributed by atoms with Crippen molar-refractivity contribution >= 4 is 17.5 Å². The molecule has 1 amide bonds. The van der Waals surface area contributed by atoms with Crippen molar-refractivity contribution in [2.75, 3.05) is 0 Å². The van der Waals surface area contributed by atoms with Crippen molar-refractivity contribution in [2.24, 2.45) is 5.73 Å². The third kappa shape index (κ3) is 3.50. The number of hydrogen-bond donors (Lipinski definition) is 1. The van der Waals surface area contributed by atoms with Gasteiger partial charge in [-0.2, -0.15) is 5.26 Å². The second-order valence-corrected chi connectivity index (χ2v) is 4.95. The maximum atomic E-state index is 12.5. The first-order chi connectivity index (χ1) is 11.1. The largest absolute Gasteiger partial charge is 0.369 e. The van der Waals surface area contributed by atoms with Crippen molar-refractivity contribution in [3.8, 4) is 6.07 Å². The number of carbonyl (C=O) groups is 3. The maximum absolute atomic E-state index is 12.5. The molecule has 23 heavy (non-hydrogen) atoms. The Kier molecular flexibility index (Phi) is 5.00. The van der Waals surface area contributed by atoms with E-state index in [1.54, 1.807) is 60.7 Å². The number of nitriles is 1. The van der Waals surface area contributed by atoms with Crippen LogP contribution in [0.2, 0.25) is 0 Å². The number of Topliss-reactive ketones (excluding diaryl/α,β-unsaturated/α-hetero) is 2. The smallest absolute Gasteiger partial charge is 0.233 e. The van der Waals surface area contributed by atoms with Crippen molar-refractivity contribution in [3.05, 3.63) is 71.8 Å². The Balaban J connectivity index is 2.35. The summed E-state index contributed by atoms with van der Waals surface area (Å²) < 4.78 is 0. The SMILES string of the molecule is N#CC(C(=O)C(=O)C(C(N)=O)c1ccccc1)c1ccccc1. The number of hydrogen-bond acceptors (Lipinski definition) is 4. The van der Waals surface area contributed by atoms with Gasteiger partial charge in [-0.25, -0.2) is 0 Å². The summed E-state index contributed by atoms with van der Waals surface area (Å²) in [6, 6.07) is 18.2. The van der Waals surface area contributed by atoms with Gasteiger partial charge in [0.2, 0.25) is 17.5 Å². The van der Waals surface area contributed by atoms with Crippen LogP contribution in [0.15, 0.2) is 60.7 Å². The van der Waals surface area contributed by atoms with Crippen LogP contribution in [-0.4, -0.2) is 17.5 Å². The summed E-state index contributed by atoms with van der Waals surface area (Å²) in [5.74, 6) is -5.47. The number of amides is 1. The average molecular weight is 306 g/mol. The molecule has 2 aromatic carbocycles. The van der Waals surface area contributed by atoms with Gasteiger partial charge >= 0.3 is 0 Å². The highest BCUT2D eigenvalue weighted by atomic mass is 16.2. The van der Waals surface area contributed by atoms with Crippen molar-refractivity contribution < 1.29 is 14.4 Å². The molecule has 0 aliphatic carbocycles. The number of nitrogens with zero attached hydrogens (tertiary/aromatic N) is 1. The van der Waals surface area contributed by atoms with Crippen LogP contribution >= 0.6 is 0 Å². The van der Waals surface area contributed by atoms with E-state index in [4.69, 9.17) is 5.73 Å². The third-order valence-electron chi connectivity index (χ3n) is 3.45. The van der Waals surface area contributed by atoms with Crippen LogP contribution in [-0.2, 0) is 14.4 Å². The van der Waals surface area contributed by atoms with Gasteiger partial charge in [-0.1, -0.05) is 60.7 Å². The highest BCUT2D eigenvalue weighted by Crippen LogP contribution is 2.22. The summed E-state index contributed by atoms with van der Waals surface area (Å²) >= 11 is 0. The molecule has 0 aliphatic heterocycles. The fraction of sp³-hybridized carbons (Fsp3) is 0.111. The van der Waals surface area contributed by atoms with Gasteiger partial charge in [0.15, 0.2) is 0 Å². The molecule has 2 atom stereocenters. The van der Waals surface area contributed by atoms with Crippen LogP contribution in [0.1, 0.15) is 23.0 Å². The third-order valence-corrected chi connectivity index (χ3v) is 3.45. The molecule has 0 fully saturated rings. The highest BCUT2D eigenvalue weighted by molar-refractivity contribution is 6.45. The second kappa shape index (κ2) is 7.14. The van der Waals surface area contributed by atoms with E-state index in [-0.39, 0.29) is 0 Å². The van der Waals surface area contributed by atoms with E-state index in [9.17, 15) is 19.6 Å². The molecule has 5 nitrogen and oxygen atoms in total. The molecule has 2 N–H and O–H groups in total. The van der Waals surface area contributed by atoms with Gasteiger partial charge in [0.25, 0.3) is 0 Å². The van der Waals surface area contributed by atoms with Gasteiger partial charge in [-0.3, -0.25) is 14.4 Å². The fourth-order valence-corrected chi connectivity index (χ4v) is 2.30. The Morgan fingerprint density at radius 1 is 0.826 bits per heavy atom. The lowest BCUT2D eigenvalue weighted by Crippen LogP contribution is -2.35. The summed E-state index contributed by atoms with van der Waals surface area (Å²) in [7, 11) is 0. The zero-order valence-corrected chi connectivity index (χ0v) is 12.2. The molecular weight excluding hydrogens is 292 g/mol. The lowest BCUT2D eigenvalue weighted by atomic mass is 9.85. The minimum absolute atomic E-state index is 0.336.